The predicted octanol–water partition coefficient (Wildman–Crippen LogP) is 1.02. The second-order valence-corrected chi connectivity index (χ2v) is 6.48. The minimum Gasteiger partial charge on any atom is -0.367 e. The van der Waals surface area contributed by atoms with E-state index in [2.05, 4.69) is 10.6 Å². The number of hydrogen-bond donors (Lipinski definition) is 3. The van der Waals surface area contributed by atoms with Crippen LogP contribution in [0.2, 0.25) is 0 Å². The van der Waals surface area contributed by atoms with Gasteiger partial charge in [0.15, 0.2) is 0 Å². The van der Waals surface area contributed by atoms with Crippen molar-refractivity contribution in [2.45, 2.75) is 24.9 Å². The van der Waals surface area contributed by atoms with Crippen LogP contribution in [0.1, 0.15) is 18.9 Å². The summed E-state index contributed by atoms with van der Waals surface area (Å²) in [5, 5.41) is 6.10. The van der Waals surface area contributed by atoms with Crippen molar-refractivity contribution in [1.82, 2.24) is 10.6 Å². The molecule has 0 bridgehead atoms. The predicted molar refractivity (Wildman–Crippen MR) is 92.1 cm³/mol. The Morgan fingerprint density at radius 2 is 2.09 bits per heavy atom. The van der Waals surface area contributed by atoms with Crippen LogP contribution in [0.5, 0.6) is 0 Å². The van der Waals surface area contributed by atoms with E-state index in [9.17, 15) is 9.59 Å². The van der Waals surface area contributed by atoms with Crippen molar-refractivity contribution in [3.05, 3.63) is 35.9 Å². The maximum Gasteiger partial charge on any atom is 0.247 e. The van der Waals surface area contributed by atoms with E-state index in [1.165, 1.54) is 0 Å². The molecule has 7 heteroatoms. The third kappa shape index (κ3) is 4.63. The minimum atomic E-state index is -1.18. The second-order valence-electron chi connectivity index (χ2n) is 5.33. The first-order valence-electron chi connectivity index (χ1n) is 7.00. The number of hydrogen-bond acceptors (Lipinski definition) is 4. The van der Waals surface area contributed by atoms with Gasteiger partial charge in [-0.25, -0.2) is 0 Å². The summed E-state index contributed by atoms with van der Waals surface area (Å²) < 4.78 is 0. The molecule has 0 aromatic heterocycles. The minimum absolute atomic E-state index is 0. The quantitative estimate of drug-likeness (QED) is 0.745. The van der Waals surface area contributed by atoms with Gasteiger partial charge in [0.05, 0.1) is 0 Å². The molecule has 0 saturated carbocycles. The van der Waals surface area contributed by atoms with Gasteiger partial charge >= 0.3 is 0 Å². The lowest BCUT2D eigenvalue weighted by Gasteiger charge is -2.29. The lowest BCUT2D eigenvalue weighted by molar-refractivity contribution is -0.131. The van der Waals surface area contributed by atoms with Gasteiger partial charge in [0.25, 0.3) is 0 Å². The molecule has 122 valence electrons. The molecule has 5 nitrogen and oxygen atoms in total. The fourth-order valence-corrected chi connectivity index (χ4v) is 3.30. The summed E-state index contributed by atoms with van der Waals surface area (Å²) in [6.45, 7) is 2.56. The molecule has 2 atom stereocenters. The number of amides is 2. The maximum atomic E-state index is 12.2. The Balaban J connectivity index is 0.00000242. The average molecular weight is 344 g/mol. The van der Waals surface area contributed by atoms with Gasteiger partial charge in [-0.1, -0.05) is 30.3 Å². The summed E-state index contributed by atoms with van der Waals surface area (Å²) in [6, 6.07) is 9.23. The van der Waals surface area contributed by atoms with Gasteiger partial charge in [-0.2, -0.15) is 11.8 Å². The Morgan fingerprint density at radius 3 is 2.64 bits per heavy atom. The first-order valence-corrected chi connectivity index (χ1v) is 8.15. The molecule has 1 aromatic carbocycles. The normalized spacial score (nSPS) is 20.3. The SMILES string of the molecule is CC(NC(=O)CC1CSCCN1)(C(N)=O)c1ccccc1.Cl. The molecule has 1 fully saturated rings. The second kappa shape index (κ2) is 8.41. The Kier molecular flexibility index (Phi) is 7.19. The van der Waals surface area contributed by atoms with Crippen molar-refractivity contribution in [2.24, 2.45) is 5.73 Å². The number of nitrogens with two attached hydrogens (primary N) is 1. The van der Waals surface area contributed by atoms with Gasteiger partial charge < -0.3 is 16.4 Å². The first kappa shape index (κ1) is 18.8. The molecule has 1 saturated heterocycles. The number of carbonyl (C=O) groups excluding carboxylic acids is 2. The van der Waals surface area contributed by atoms with Gasteiger partial charge in [0.2, 0.25) is 11.8 Å². The summed E-state index contributed by atoms with van der Waals surface area (Å²) in [6.07, 6.45) is 0.350. The third-order valence-electron chi connectivity index (χ3n) is 3.66. The maximum absolute atomic E-state index is 12.2. The zero-order chi connectivity index (χ0) is 15.3. The van der Waals surface area contributed by atoms with Crippen molar-refractivity contribution in [2.75, 3.05) is 18.1 Å². The molecule has 0 aliphatic carbocycles. The molecule has 4 N–H and O–H groups in total. The van der Waals surface area contributed by atoms with E-state index < -0.39 is 11.4 Å². The Labute approximate surface area is 141 Å². The molecule has 1 aliphatic rings. The van der Waals surface area contributed by atoms with Crippen molar-refractivity contribution in [3.63, 3.8) is 0 Å². The topological polar surface area (TPSA) is 84.2 Å². The van der Waals surface area contributed by atoms with Crippen molar-refractivity contribution in [3.8, 4) is 0 Å². The smallest absolute Gasteiger partial charge is 0.247 e. The number of primary amides is 1. The van der Waals surface area contributed by atoms with Crippen LogP contribution in [0.25, 0.3) is 0 Å². The van der Waals surface area contributed by atoms with Crippen LogP contribution in [0, 0.1) is 0 Å². The molecule has 1 aliphatic heterocycles. The van der Waals surface area contributed by atoms with Crippen LogP contribution >= 0.6 is 24.2 Å². The number of carbonyl (C=O) groups is 2. The highest BCUT2D eigenvalue weighted by molar-refractivity contribution is 7.99. The highest BCUT2D eigenvalue weighted by atomic mass is 35.5. The Bertz CT molecular complexity index is 509. The van der Waals surface area contributed by atoms with E-state index in [0.717, 1.165) is 18.1 Å². The first-order chi connectivity index (χ1) is 10.0. The van der Waals surface area contributed by atoms with Crippen LogP contribution < -0.4 is 16.4 Å². The molecule has 0 spiro atoms. The lowest BCUT2D eigenvalue weighted by Crippen LogP contribution is -2.54. The molecule has 1 aromatic rings. The van der Waals surface area contributed by atoms with Gasteiger partial charge in [0, 0.05) is 30.5 Å². The van der Waals surface area contributed by atoms with E-state index in [1.54, 1.807) is 19.1 Å². The Morgan fingerprint density at radius 1 is 1.41 bits per heavy atom. The van der Waals surface area contributed by atoms with Crippen molar-refractivity contribution >= 4 is 36.0 Å². The number of nitrogens with one attached hydrogen (secondary N) is 2. The lowest BCUT2D eigenvalue weighted by atomic mass is 9.91. The third-order valence-corrected chi connectivity index (χ3v) is 4.79. The van der Waals surface area contributed by atoms with Gasteiger partial charge in [-0.05, 0) is 12.5 Å². The molecular weight excluding hydrogens is 322 g/mol. The van der Waals surface area contributed by atoms with E-state index >= 15 is 0 Å². The molecule has 2 rings (SSSR count). The molecule has 0 radical (unpaired) electrons. The summed E-state index contributed by atoms with van der Waals surface area (Å²) in [7, 11) is 0. The average Bonchev–Trinajstić information content (AvgIpc) is 2.48. The Hall–Kier alpha value is -1.24. The van der Waals surface area contributed by atoms with Crippen LogP contribution in [0.3, 0.4) is 0 Å². The molecular formula is C15H22ClN3O2S. The molecule has 2 amide bonds. The van der Waals surface area contributed by atoms with Crippen molar-refractivity contribution < 1.29 is 9.59 Å². The van der Waals surface area contributed by atoms with Crippen LogP contribution in [0.15, 0.2) is 30.3 Å². The zero-order valence-corrected chi connectivity index (χ0v) is 14.1. The van der Waals surface area contributed by atoms with Crippen molar-refractivity contribution in [1.29, 1.82) is 0 Å². The summed E-state index contributed by atoms with van der Waals surface area (Å²) in [5.74, 6) is 1.25. The van der Waals surface area contributed by atoms with E-state index in [0.29, 0.717) is 12.0 Å². The van der Waals surface area contributed by atoms with E-state index in [-0.39, 0.29) is 24.4 Å². The van der Waals surface area contributed by atoms with Crippen LogP contribution in [-0.2, 0) is 15.1 Å². The highest BCUT2D eigenvalue weighted by Crippen LogP contribution is 2.20. The fourth-order valence-electron chi connectivity index (χ4n) is 2.35. The monoisotopic (exact) mass is 343 g/mol. The number of thioether (sulfide) groups is 1. The zero-order valence-electron chi connectivity index (χ0n) is 12.5. The van der Waals surface area contributed by atoms with Gasteiger partial charge in [-0.15, -0.1) is 12.4 Å². The molecule has 22 heavy (non-hydrogen) atoms. The number of halogens is 1. The van der Waals surface area contributed by atoms with Gasteiger partial charge in [0.1, 0.15) is 5.54 Å². The molecule has 2 unspecified atom stereocenters. The summed E-state index contributed by atoms with van der Waals surface area (Å²) in [4.78, 5) is 24.1. The standard InChI is InChI=1S/C15H21N3O2S.ClH/c1-15(14(16)20,11-5-3-2-4-6-11)18-13(19)9-12-10-21-8-7-17-12;/h2-6,12,17H,7-10H2,1H3,(H2,16,20)(H,18,19);1H. The number of benzene rings is 1. The van der Waals surface area contributed by atoms with E-state index in [4.69, 9.17) is 5.73 Å². The molecule has 1 heterocycles. The van der Waals surface area contributed by atoms with E-state index in [1.807, 2.05) is 30.0 Å². The summed E-state index contributed by atoms with van der Waals surface area (Å²) in [5.41, 5.74) is 5.02. The number of rotatable bonds is 5. The highest BCUT2D eigenvalue weighted by Gasteiger charge is 2.35. The largest absolute Gasteiger partial charge is 0.367 e. The summed E-state index contributed by atoms with van der Waals surface area (Å²) >= 11 is 1.83. The van der Waals surface area contributed by atoms with Crippen LogP contribution in [0.4, 0.5) is 0 Å². The van der Waals surface area contributed by atoms with Gasteiger partial charge in [-0.3, -0.25) is 9.59 Å². The fraction of sp³-hybridized carbons (Fsp3) is 0.467. The van der Waals surface area contributed by atoms with Crippen LogP contribution in [-0.4, -0.2) is 35.9 Å².